The van der Waals surface area contributed by atoms with Gasteiger partial charge in [0.05, 0.1) is 22.8 Å². The number of aromatic hydroxyl groups is 1. The molecule has 1 aromatic rings. The fraction of sp³-hybridized carbons (Fsp3) is 0.214. The number of hydrogen-bond donors (Lipinski definition) is 2. The summed E-state index contributed by atoms with van der Waals surface area (Å²) < 4.78 is 0. The first-order chi connectivity index (χ1) is 8.56. The Morgan fingerprint density at radius 1 is 1.39 bits per heavy atom. The average molecular weight is 241 g/mol. The maximum Gasteiger partial charge on any atom is 0.117 e. The molecule has 4 nitrogen and oxygen atoms in total. The van der Waals surface area contributed by atoms with Crippen LogP contribution >= 0.6 is 0 Å². The molecule has 92 valence electrons. The monoisotopic (exact) mass is 241 g/mol. The molecule has 1 aliphatic heterocycles. The minimum atomic E-state index is -0.0692. The Morgan fingerprint density at radius 2 is 2.17 bits per heavy atom. The Hall–Kier alpha value is -2.07. The molecule has 1 heterocycles. The molecule has 0 spiro atoms. The van der Waals surface area contributed by atoms with E-state index in [4.69, 9.17) is 5.73 Å². The van der Waals surface area contributed by atoms with Crippen molar-refractivity contribution in [1.29, 1.82) is 0 Å². The van der Waals surface area contributed by atoms with Crippen LogP contribution in [0, 0.1) is 0 Å². The SMILES string of the molecule is CC1=CC2=Nc3ccc(O)cc3N(C)C2=CC1N. The van der Waals surface area contributed by atoms with Crippen LogP contribution in [-0.4, -0.2) is 23.9 Å². The highest BCUT2D eigenvalue weighted by atomic mass is 16.3. The maximum absolute atomic E-state index is 9.56. The third-order valence-electron chi connectivity index (χ3n) is 3.41. The molecule has 0 radical (unpaired) electrons. The van der Waals surface area contributed by atoms with Gasteiger partial charge in [-0.25, -0.2) is 4.99 Å². The van der Waals surface area contributed by atoms with E-state index >= 15 is 0 Å². The fourth-order valence-electron chi connectivity index (χ4n) is 2.28. The second kappa shape index (κ2) is 3.71. The summed E-state index contributed by atoms with van der Waals surface area (Å²) in [5.74, 6) is 0.242. The number of nitrogens with two attached hydrogens (primary N) is 1. The van der Waals surface area contributed by atoms with Gasteiger partial charge in [-0.15, -0.1) is 0 Å². The van der Waals surface area contributed by atoms with Crippen LogP contribution in [0.3, 0.4) is 0 Å². The van der Waals surface area contributed by atoms with Gasteiger partial charge >= 0.3 is 0 Å². The Labute approximate surface area is 106 Å². The molecule has 1 aromatic carbocycles. The number of nitrogens with zero attached hydrogens (tertiary/aromatic N) is 2. The van der Waals surface area contributed by atoms with Crippen molar-refractivity contribution in [3.63, 3.8) is 0 Å². The predicted octanol–water partition coefficient (Wildman–Crippen LogP) is 2.09. The Balaban J connectivity index is 2.19. The first kappa shape index (κ1) is 11.0. The van der Waals surface area contributed by atoms with Crippen LogP contribution in [-0.2, 0) is 0 Å². The summed E-state index contributed by atoms with van der Waals surface area (Å²) in [7, 11) is 1.96. The molecule has 0 aromatic heterocycles. The molecular weight excluding hydrogens is 226 g/mol. The number of aliphatic imine (C=N–C) groups is 1. The van der Waals surface area contributed by atoms with Crippen LogP contribution in [0.15, 0.2) is 46.6 Å². The zero-order valence-corrected chi connectivity index (χ0v) is 10.4. The number of benzene rings is 1. The summed E-state index contributed by atoms with van der Waals surface area (Å²) in [5, 5.41) is 9.56. The lowest BCUT2D eigenvalue weighted by Crippen LogP contribution is -2.33. The second-order valence-electron chi connectivity index (χ2n) is 4.70. The zero-order valence-electron chi connectivity index (χ0n) is 10.4. The van der Waals surface area contributed by atoms with E-state index in [0.717, 1.165) is 28.4 Å². The molecule has 0 saturated carbocycles. The van der Waals surface area contributed by atoms with Crippen molar-refractivity contribution < 1.29 is 5.11 Å². The summed E-state index contributed by atoms with van der Waals surface area (Å²) in [6.07, 6.45) is 4.02. The van der Waals surface area contributed by atoms with Gasteiger partial charge in [-0.3, -0.25) is 0 Å². The molecule has 1 unspecified atom stereocenters. The van der Waals surface area contributed by atoms with Crippen molar-refractivity contribution in [3.8, 4) is 5.75 Å². The molecule has 2 aliphatic rings. The standard InChI is InChI=1S/C14H15N3O/c1-8-5-12-14(7-10(8)15)17(2)13-6-9(18)3-4-11(13)16-12/h3-7,10,18H,15H2,1-2H3. The molecule has 0 bridgehead atoms. The number of fused-ring (bicyclic) bond motifs is 2. The molecule has 1 aliphatic carbocycles. The summed E-state index contributed by atoms with van der Waals surface area (Å²) in [6.45, 7) is 2.01. The van der Waals surface area contributed by atoms with Gasteiger partial charge in [0, 0.05) is 19.2 Å². The highest BCUT2D eigenvalue weighted by molar-refractivity contribution is 6.15. The van der Waals surface area contributed by atoms with E-state index in [2.05, 4.69) is 4.99 Å². The molecule has 3 rings (SSSR count). The van der Waals surface area contributed by atoms with Crippen LogP contribution in [0.1, 0.15) is 6.92 Å². The zero-order chi connectivity index (χ0) is 12.9. The van der Waals surface area contributed by atoms with E-state index < -0.39 is 0 Å². The van der Waals surface area contributed by atoms with E-state index in [0.29, 0.717) is 0 Å². The normalized spacial score (nSPS) is 21.6. The third kappa shape index (κ3) is 1.54. The smallest absolute Gasteiger partial charge is 0.117 e. The Bertz CT molecular complexity index is 613. The van der Waals surface area contributed by atoms with Crippen molar-refractivity contribution in [2.45, 2.75) is 13.0 Å². The Kier molecular flexibility index (Phi) is 2.28. The van der Waals surface area contributed by atoms with E-state index in [-0.39, 0.29) is 11.8 Å². The molecule has 1 atom stereocenters. The number of anilines is 1. The quantitative estimate of drug-likeness (QED) is 0.731. The van der Waals surface area contributed by atoms with Crippen molar-refractivity contribution >= 4 is 17.1 Å². The topological polar surface area (TPSA) is 61.9 Å². The van der Waals surface area contributed by atoms with Crippen LogP contribution in [0.25, 0.3) is 0 Å². The number of phenols is 1. The van der Waals surface area contributed by atoms with Gasteiger partial charge in [-0.05, 0) is 31.2 Å². The van der Waals surface area contributed by atoms with Gasteiger partial charge in [-0.2, -0.15) is 0 Å². The highest BCUT2D eigenvalue weighted by Gasteiger charge is 2.25. The van der Waals surface area contributed by atoms with Gasteiger partial charge in [-0.1, -0.05) is 5.57 Å². The summed E-state index contributed by atoms with van der Waals surface area (Å²) in [4.78, 5) is 6.62. The fourth-order valence-corrected chi connectivity index (χ4v) is 2.28. The third-order valence-corrected chi connectivity index (χ3v) is 3.41. The lowest BCUT2D eigenvalue weighted by atomic mass is 9.96. The van der Waals surface area contributed by atoms with Crippen molar-refractivity contribution in [2.24, 2.45) is 10.7 Å². The molecular formula is C14H15N3O. The summed E-state index contributed by atoms with van der Waals surface area (Å²) in [6, 6.07) is 5.12. The average Bonchev–Trinajstić information content (AvgIpc) is 2.33. The molecule has 0 saturated heterocycles. The summed E-state index contributed by atoms with van der Waals surface area (Å²) >= 11 is 0. The lowest BCUT2D eigenvalue weighted by Gasteiger charge is -2.32. The van der Waals surface area contributed by atoms with Crippen molar-refractivity contribution in [1.82, 2.24) is 0 Å². The number of phenolic OH excluding ortho intramolecular Hbond substituents is 1. The number of hydrogen-bond acceptors (Lipinski definition) is 4. The molecule has 4 heteroatoms. The minimum absolute atomic E-state index is 0.0692. The van der Waals surface area contributed by atoms with Gasteiger partial charge in [0.15, 0.2) is 0 Å². The van der Waals surface area contributed by atoms with Gasteiger partial charge in [0.1, 0.15) is 5.75 Å². The highest BCUT2D eigenvalue weighted by Crippen LogP contribution is 2.38. The maximum atomic E-state index is 9.56. The first-order valence-corrected chi connectivity index (χ1v) is 5.87. The van der Waals surface area contributed by atoms with Gasteiger partial charge < -0.3 is 15.7 Å². The minimum Gasteiger partial charge on any atom is -0.508 e. The van der Waals surface area contributed by atoms with E-state index in [1.165, 1.54) is 0 Å². The summed E-state index contributed by atoms with van der Waals surface area (Å²) in [5.41, 5.74) is 10.8. The molecule has 0 fully saturated rings. The molecule has 3 N–H and O–H groups in total. The Morgan fingerprint density at radius 3 is 2.94 bits per heavy atom. The van der Waals surface area contributed by atoms with E-state index in [9.17, 15) is 5.11 Å². The van der Waals surface area contributed by atoms with Gasteiger partial charge in [0.25, 0.3) is 0 Å². The van der Waals surface area contributed by atoms with Crippen LogP contribution < -0.4 is 10.6 Å². The number of allylic oxidation sites excluding steroid dienone is 1. The number of rotatable bonds is 0. The van der Waals surface area contributed by atoms with Crippen molar-refractivity contribution in [3.05, 3.63) is 41.6 Å². The second-order valence-corrected chi connectivity index (χ2v) is 4.70. The first-order valence-electron chi connectivity index (χ1n) is 5.87. The predicted molar refractivity (Wildman–Crippen MR) is 73.4 cm³/mol. The van der Waals surface area contributed by atoms with Crippen LogP contribution in [0.2, 0.25) is 0 Å². The molecule has 0 amide bonds. The van der Waals surface area contributed by atoms with Crippen LogP contribution in [0.5, 0.6) is 5.75 Å². The van der Waals surface area contributed by atoms with Crippen LogP contribution in [0.4, 0.5) is 11.4 Å². The largest absolute Gasteiger partial charge is 0.508 e. The van der Waals surface area contributed by atoms with E-state index in [1.807, 2.05) is 37.1 Å². The van der Waals surface area contributed by atoms with Crippen molar-refractivity contribution in [2.75, 3.05) is 11.9 Å². The van der Waals surface area contributed by atoms with E-state index in [1.54, 1.807) is 12.1 Å². The lowest BCUT2D eigenvalue weighted by molar-refractivity contribution is 0.475. The van der Waals surface area contributed by atoms with Gasteiger partial charge in [0.2, 0.25) is 0 Å². The molecule has 18 heavy (non-hydrogen) atoms.